The molecule has 41 nitrogen and oxygen atoms in total. The smallest absolute Gasteiger partial charge is 0.390 e. The molecule has 0 spiro atoms. The van der Waals surface area contributed by atoms with Gasteiger partial charge in [-0.15, -0.1) is 0 Å². The van der Waals surface area contributed by atoms with Crippen molar-refractivity contribution >= 4 is 99.2 Å². The van der Waals surface area contributed by atoms with E-state index in [0.29, 0.717) is 11.2 Å². The number of nitrogens with two attached hydrogens (primary N) is 4. The molecule has 0 saturated carbocycles. The lowest BCUT2D eigenvalue weighted by atomic mass is 10.2. The van der Waals surface area contributed by atoms with Crippen LogP contribution in [0.15, 0.2) is 50.6 Å². The third kappa shape index (κ3) is 12.5. The Kier molecular flexibility index (Phi) is 16.0. The highest BCUT2D eigenvalue weighted by atomic mass is 31.2. The number of rotatable bonds is 22. The van der Waals surface area contributed by atoms with E-state index < -0.39 is 131 Å². The minimum absolute atomic E-state index is 0.00386. The van der Waals surface area contributed by atoms with Crippen LogP contribution in [0.2, 0.25) is 0 Å². The topological polar surface area (TPSA) is 570 Å². The zero-order chi connectivity index (χ0) is 59.7. The second-order valence-electron chi connectivity index (χ2n) is 19.4. The molecule has 85 heavy (non-hydrogen) atoms. The number of hydrogen-bond acceptors (Lipinski definition) is 32. The zero-order valence-electron chi connectivity index (χ0n) is 43.3. The number of hydrogen-bond donors (Lipinski definition) is 10. The summed E-state index contributed by atoms with van der Waals surface area (Å²) in [4.78, 5) is 102. The van der Waals surface area contributed by atoms with Gasteiger partial charge in [0.25, 0.3) is 0 Å². The standard InChI is InChI=1S/C40H50N20O21P4/c41-30-26-34(49-9-45-30)57(13-53-26)25-4-20(61)24(78-25)8-74-85(69,70)81-23-3-19(77-40(23)60-16-56-29-33(44)48-12-52-37(29)60)7-73-84(67,68)80-22-2-18(76-39(22)59-15-55-28-32(43)47-11-51-36(28)59)6-72-83(65,66)79-21-1-17(5-71-82(62,63)64)75-38(21)58-14-54-27-31(42)46-10-50-35(27)58/h9-25,38-40,61H,1-8H2,(H,65,66)(H,67,68)(H,69,70)(H2,41,45,49)(H2,42,46,50)(H2,43,47,51)(H2,44,48,52)(H2,62,63,64)/t17-,18-,19-,20-,21+,22+,23+,24+,25+,38+,39+,40+/m0/s1. The quantitative estimate of drug-likeness (QED) is 0.0393. The molecule has 14 N–H and O–H groups in total. The number of phosphoric acid groups is 4. The molecule has 0 bridgehead atoms. The summed E-state index contributed by atoms with van der Waals surface area (Å²) in [5.41, 5.74) is 25.3. The fourth-order valence-electron chi connectivity index (χ4n) is 10.1. The van der Waals surface area contributed by atoms with Crippen molar-refractivity contribution in [2.75, 3.05) is 49.4 Å². The molecule has 0 aromatic carbocycles. The van der Waals surface area contributed by atoms with Gasteiger partial charge in [0, 0.05) is 25.7 Å². The Hall–Kier alpha value is -6.36. The zero-order valence-corrected chi connectivity index (χ0v) is 46.8. The molecule has 3 unspecified atom stereocenters. The Morgan fingerprint density at radius 2 is 0.753 bits per heavy atom. The first kappa shape index (κ1) is 59.0. The molecular formula is C40H50N20O21P4. The Bertz CT molecular complexity index is 3990. The third-order valence-corrected chi connectivity index (χ3v) is 17.3. The molecule has 12 heterocycles. The molecule has 4 aliphatic heterocycles. The fourth-order valence-corrected chi connectivity index (χ4v) is 13.3. The average Bonchev–Trinajstić information content (AvgIpc) is 2.07. The van der Waals surface area contributed by atoms with Crippen LogP contribution in [0, 0.1) is 0 Å². The summed E-state index contributed by atoms with van der Waals surface area (Å²) in [5.74, 6) is 0.0762. The van der Waals surface area contributed by atoms with Crippen molar-refractivity contribution < 1.29 is 98.4 Å². The third-order valence-electron chi connectivity index (χ3n) is 13.8. The lowest BCUT2D eigenvalue weighted by molar-refractivity contribution is -0.0643. The van der Waals surface area contributed by atoms with Gasteiger partial charge in [0.2, 0.25) is 0 Å². The van der Waals surface area contributed by atoms with Gasteiger partial charge in [-0.2, -0.15) is 0 Å². The Morgan fingerprint density at radius 1 is 0.435 bits per heavy atom. The van der Waals surface area contributed by atoms with Crippen molar-refractivity contribution in [3.63, 3.8) is 0 Å². The minimum atomic E-state index is -5.23. The summed E-state index contributed by atoms with van der Waals surface area (Å²) in [6.07, 6.45) is -6.13. The second kappa shape index (κ2) is 23.1. The van der Waals surface area contributed by atoms with E-state index in [4.69, 9.17) is 69.0 Å². The number of anilines is 4. The van der Waals surface area contributed by atoms with Gasteiger partial charge in [0.05, 0.1) is 76.2 Å². The van der Waals surface area contributed by atoms with Gasteiger partial charge in [-0.3, -0.25) is 49.9 Å². The number of aromatic nitrogens is 16. The number of fused-ring (bicyclic) bond motifs is 4. The predicted octanol–water partition coefficient (Wildman–Crippen LogP) is -0.198. The van der Waals surface area contributed by atoms with E-state index in [1.165, 1.54) is 49.9 Å². The van der Waals surface area contributed by atoms with Gasteiger partial charge < -0.3 is 71.5 Å². The second-order valence-corrected chi connectivity index (χ2v) is 24.9. The van der Waals surface area contributed by atoms with Gasteiger partial charge in [-0.1, -0.05) is 0 Å². The molecule has 15 atom stereocenters. The van der Waals surface area contributed by atoms with Crippen LogP contribution in [-0.4, -0.2) is 183 Å². The summed E-state index contributed by atoms with van der Waals surface area (Å²) < 4.78 is 121. The molecule has 8 aromatic rings. The van der Waals surface area contributed by atoms with Crippen molar-refractivity contribution in [3.8, 4) is 0 Å². The van der Waals surface area contributed by atoms with E-state index in [-0.39, 0.29) is 82.4 Å². The maximum Gasteiger partial charge on any atom is 0.472 e. The van der Waals surface area contributed by atoms with Gasteiger partial charge in [0.1, 0.15) is 78.0 Å². The van der Waals surface area contributed by atoms with Crippen molar-refractivity contribution in [1.82, 2.24) is 78.1 Å². The highest BCUT2D eigenvalue weighted by Crippen LogP contribution is 2.55. The molecule has 456 valence electrons. The number of imidazole rings is 4. The molecule has 4 saturated heterocycles. The average molecular weight is 1270 g/mol. The fraction of sp³-hybridized carbons (Fsp3) is 0.500. The van der Waals surface area contributed by atoms with Crippen molar-refractivity contribution in [2.45, 2.75) is 99.4 Å². The molecule has 4 aliphatic rings. The van der Waals surface area contributed by atoms with Crippen LogP contribution in [0.25, 0.3) is 44.7 Å². The number of ether oxygens (including phenoxy) is 4. The summed E-state index contributed by atoms with van der Waals surface area (Å²) in [5, 5.41) is 10.9. The maximum atomic E-state index is 14.1. The van der Waals surface area contributed by atoms with Crippen LogP contribution >= 0.6 is 31.3 Å². The summed E-state index contributed by atoms with van der Waals surface area (Å²) >= 11 is 0. The molecule has 0 radical (unpaired) electrons. The minimum Gasteiger partial charge on any atom is -0.390 e. The molecule has 4 fully saturated rings. The highest BCUT2D eigenvalue weighted by Gasteiger charge is 2.49. The molecule has 12 rings (SSSR count). The van der Waals surface area contributed by atoms with E-state index in [9.17, 15) is 47.8 Å². The van der Waals surface area contributed by atoms with Crippen molar-refractivity contribution in [2.24, 2.45) is 0 Å². The Morgan fingerprint density at radius 3 is 1.11 bits per heavy atom. The summed E-state index contributed by atoms with van der Waals surface area (Å²) in [6.45, 7) is -2.76. The SMILES string of the molecule is Nc1ncnc2c1ncn2[C@@H]1O[C@H](COP(=O)(O)O)C[C@H]1OP(=O)(O)OC[C@@H]1C[C@@H](OP(=O)(O)OC[C@@H]2C[C@@H](OP(=O)(O)OC[C@H]3O[C@@H](n4cnc5c(N)ncnc54)C[C@@H]3O)[C@H](n3cnc4c(N)ncnc43)O2)[C@H](n2cnc3c(N)ncnc32)O1. The highest BCUT2D eigenvalue weighted by molar-refractivity contribution is 7.48. The number of aliphatic hydroxyl groups is 1. The van der Waals surface area contributed by atoms with E-state index in [1.807, 2.05) is 0 Å². The largest absolute Gasteiger partial charge is 0.472 e. The van der Waals surface area contributed by atoms with Gasteiger partial charge >= 0.3 is 31.3 Å². The van der Waals surface area contributed by atoms with Crippen LogP contribution in [-0.2, 0) is 68.9 Å². The Balaban J connectivity index is 0.723. The van der Waals surface area contributed by atoms with Gasteiger partial charge in [0.15, 0.2) is 64.5 Å². The van der Waals surface area contributed by atoms with Crippen LogP contribution < -0.4 is 22.9 Å². The molecule has 8 aromatic heterocycles. The van der Waals surface area contributed by atoms with Crippen LogP contribution in [0.4, 0.5) is 23.3 Å². The predicted molar refractivity (Wildman–Crippen MR) is 279 cm³/mol. The summed E-state index contributed by atoms with van der Waals surface area (Å²) in [7, 11) is -20.5. The van der Waals surface area contributed by atoms with Gasteiger partial charge in [-0.25, -0.2) is 78.1 Å². The van der Waals surface area contributed by atoms with E-state index >= 15 is 0 Å². The van der Waals surface area contributed by atoms with Crippen molar-refractivity contribution in [1.29, 1.82) is 0 Å². The number of nitrogen functional groups attached to an aromatic ring is 4. The number of aliphatic hydroxyl groups excluding tert-OH is 1. The van der Waals surface area contributed by atoms with Crippen LogP contribution in [0.1, 0.15) is 50.6 Å². The van der Waals surface area contributed by atoms with Gasteiger partial charge in [-0.05, 0) is 0 Å². The molecule has 45 heteroatoms. The molecule has 0 amide bonds. The first-order valence-electron chi connectivity index (χ1n) is 25.1. The monoisotopic (exact) mass is 1270 g/mol. The van der Waals surface area contributed by atoms with E-state index in [2.05, 4.69) is 64.3 Å². The first-order chi connectivity index (χ1) is 40.4. The van der Waals surface area contributed by atoms with E-state index in [1.54, 1.807) is 0 Å². The lowest BCUT2D eigenvalue weighted by Crippen LogP contribution is -2.27. The molecule has 0 aliphatic carbocycles. The van der Waals surface area contributed by atoms with E-state index in [0.717, 1.165) is 19.0 Å². The number of nitrogens with zero attached hydrogens (tertiary/aromatic N) is 16. The first-order valence-corrected chi connectivity index (χ1v) is 31.2. The van der Waals surface area contributed by atoms with Crippen LogP contribution in [0.5, 0.6) is 0 Å². The van der Waals surface area contributed by atoms with Crippen molar-refractivity contribution in [3.05, 3.63) is 50.6 Å². The number of phosphoric ester groups is 4. The Labute approximate surface area is 473 Å². The summed E-state index contributed by atoms with van der Waals surface area (Å²) in [6, 6.07) is 0. The van der Waals surface area contributed by atoms with Crippen LogP contribution in [0.3, 0.4) is 0 Å². The lowest BCUT2D eigenvalue weighted by Gasteiger charge is -2.24. The maximum absolute atomic E-state index is 14.1. The molecular weight excluding hydrogens is 1220 g/mol. The normalized spacial score (nSPS) is 28.7.